The van der Waals surface area contributed by atoms with E-state index < -0.39 is 24.0 Å². The van der Waals surface area contributed by atoms with Crippen LogP contribution in [0.4, 0.5) is 29.3 Å². The Bertz CT molecular complexity index is 1340. The molecular formula is C27H29F3N6O2. The first kappa shape index (κ1) is 25.7. The number of hydrogen-bond acceptors (Lipinski definition) is 5. The fourth-order valence-electron chi connectivity index (χ4n) is 5.18. The average molecular weight is 527 g/mol. The van der Waals surface area contributed by atoms with Crippen molar-refractivity contribution in [1.29, 1.82) is 0 Å². The third kappa shape index (κ3) is 5.09. The summed E-state index contributed by atoms with van der Waals surface area (Å²) in [5.74, 6) is -0.941. The van der Waals surface area contributed by atoms with Gasteiger partial charge in [0.05, 0.1) is 28.8 Å². The molecule has 0 bridgehead atoms. The summed E-state index contributed by atoms with van der Waals surface area (Å²) in [7, 11) is 2.65. The van der Waals surface area contributed by atoms with Crippen molar-refractivity contribution in [3.8, 4) is 0 Å². The summed E-state index contributed by atoms with van der Waals surface area (Å²) in [4.78, 5) is 36.1. The van der Waals surface area contributed by atoms with Crippen LogP contribution in [0.3, 0.4) is 0 Å². The Morgan fingerprint density at radius 1 is 1.11 bits per heavy atom. The standard InChI is InChI=1S/C27H29F3N6O2/c1-31-26(38)36-13-11-18(15-36)25(37)35(2)24(27(28,29)30)17-7-9-19(10-8-17)34-21-14-33-20-4-3-12-32-23(20)22(21)16-5-6-16/h3-4,7-10,12,14,16,18,24,34H,5-6,11,13,15H2,1-2H3,(H,31,38)/t18?,24-/m0/s1. The highest BCUT2D eigenvalue weighted by molar-refractivity contribution is 5.85. The largest absolute Gasteiger partial charge is 0.413 e. The fourth-order valence-corrected chi connectivity index (χ4v) is 5.18. The predicted octanol–water partition coefficient (Wildman–Crippen LogP) is 4.97. The topological polar surface area (TPSA) is 90.5 Å². The van der Waals surface area contributed by atoms with Gasteiger partial charge in [-0.05, 0) is 55.0 Å². The van der Waals surface area contributed by atoms with Crippen LogP contribution < -0.4 is 10.6 Å². The van der Waals surface area contributed by atoms with Crippen LogP contribution in [-0.2, 0) is 4.79 Å². The number of halogens is 3. The molecule has 2 N–H and O–H groups in total. The normalized spacial score (nSPS) is 18.3. The van der Waals surface area contributed by atoms with Crippen LogP contribution >= 0.6 is 0 Å². The molecule has 0 spiro atoms. The first-order valence-corrected chi connectivity index (χ1v) is 12.6. The molecule has 1 aromatic carbocycles. The highest BCUT2D eigenvalue weighted by atomic mass is 19.4. The number of carbonyl (C=O) groups excluding carboxylic acids is 2. The van der Waals surface area contributed by atoms with Gasteiger partial charge in [0.15, 0.2) is 6.04 Å². The van der Waals surface area contributed by atoms with E-state index in [-0.39, 0.29) is 18.1 Å². The molecule has 1 saturated heterocycles. The van der Waals surface area contributed by atoms with E-state index in [1.54, 1.807) is 24.5 Å². The predicted molar refractivity (Wildman–Crippen MR) is 137 cm³/mol. The minimum absolute atomic E-state index is 0.0410. The number of urea groups is 1. The van der Waals surface area contributed by atoms with Crippen LogP contribution in [0, 0.1) is 5.92 Å². The van der Waals surface area contributed by atoms with Gasteiger partial charge in [0, 0.05) is 44.6 Å². The summed E-state index contributed by atoms with van der Waals surface area (Å²) in [5.41, 5.74) is 4.06. The number of carbonyl (C=O) groups is 2. The van der Waals surface area contributed by atoms with Crippen LogP contribution in [0.2, 0.25) is 0 Å². The molecule has 1 aliphatic heterocycles. The second kappa shape index (κ2) is 10.1. The maximum Gasteiger partial charge on any atom is 0.413 e. The lowest BCUT2D eigenvalue weighted by molar-refractivity contribution is -0.190. The zero-order valence-electron chi connectivity index (χ0n) is 21.1. The summed E-state index contributed by atoms with van der Waals surface area (Å²) in [6.45, 7) is 0.414. The van der Waals surface area contributed by atoms with Crippen molar-refractivity contribution >= 4 is 34.3 Å². The van der Waals surface area contributed by atoms with E-state index in [2.05, 4.69) is 20.6 Å². The first-order valence-electron chi connectivity index (χ1n) is 12.6. The number of nitrogens with one attached hydrogen (secondary N) is 2. The zero-order chi connectivity index (χ0) is 27.0. The van der Waals surface area contributed by atoms with Gasteiger partial charge in [0.1, 0.15) is 0 Å². The molecule has 2 fully saturated rings. The Labute approximate surface area is 218 Å². The smallest absolute Gasteiger partial charge is 0.354 e. The van der Waals surface area contributed by atoms with Crippen LogP contribution in [-0.4, -0.2) is 65.1 Å². The third-order valence-corrected chi connectivity index (χ3v) is 7.24. The van der Waals surface area contributed by atoms with Gasteiger partial charge in [0.25, 0.3) is 0 Å². The molecule has 3 aromatic rings. The number of pyridine rings is 2. The van der Waals surface area contributed by atoms with Crippen molar-refractivity contribution < 1.29 is 22.8 Å². The van der Waals surface area contributed by atoms with E-state index in [1.165, 1.54) is 31.1 Å². The van der Waals surface area contributed by atoms with Gasteiger partial charge in [0.2, 0.25) is 5.91 Å². The Hall–Kier alpha value is -3.89. The van der Waals surface area contributed by atoms with E-state index in [9.17, 15) is 22.8 Å². The quantitative estimate of drug-likeness (QED) is 0.473. The molecular weight excluding hydrogens is 497 g/mol. The van der Waals surface area contributed by atoms with Gasteiger partial charge in [-0.2, -0.15) is 13.2 Å². The van der Waals surface area contributed by atoms with E-state index in [0.29, 0.717) is 24.6 Å². The lowest BCUT2D eigenvalue weighted by Gasteiger charge is -2.32. The maximum absolute atomic E-state index is 14.2. The zero-order valence-corrected chi connectivity index (χ0v) is 21.1. The SMILES string of the molecule is CNC(=O)N1CCC(C(=O)N(C)[C@@H](c2ccc(Nc3cnc4cccnc4c3C3CC3)cc2)C(F)(F)F)C1. The third-order valence-electron chi connectivity index (χ3n) is 7.24. The fraction of sp³-hybridized carbons (Fsp3) is 0.407. The molecule has 200 valence electrons. The minimum Gasteiger partial charge on any atom is -0.354 e. The number of aromatic nitrogens is 2. The van der Waals surface area contributed by atoms with Crippen LogP contribution in [0.25, 0.3) is 11.0 Å². The molecule has 5 rings (SSSR count). The van der Waals surface area contributed by atoms with Crippen molar-refractivity contribution in [1.82, 2.24) is 25.1 Å². The van der Waals surface area contributed by atoms with Crippen LogP contribution in [0.1, 0.15) is 42.3 Å². The van der Waals surface area contributed by atoms with Gasteiger partial charge < -0.3 is 20.4 Å². The van der Waals surface area contributed by atoms with E-state index >= 15 is 0 Å². The van der Waals surface area contributed by atoms with Gasteiger partial charge in [-0.15, -0.1) is 0 Å². The molecule has 8 nitrogen and oxygen atoms in total. The van der Waals surface area contributed by atoms with Gasteiger partial charge in [-0.3, -0.25) is 14.8 Å². The van der Waals surface area contributed by atoms with Crippen molar-refractivity contribution in [3.05, 3.63) is 59.9 Å². The summed E-state index contributed by atoms with van der Waals surface area (Å²) in [5, 5.41) is 5.78. The Morgan fingerprint density at radius 2 is 1.84 bits per heavy atom. The number of anilines is 2. The van der Waals surface area contributed by atoms with Gasteiger partial charge in [-0.1, -0.05) is 12.1 Å². The van der Waals surface area contributed by atoms with E-state index in [1.807, 2.05) is 12.1 Å². The number of fused-ring (bicyclic) bond motifs is 1. The molecule has 2 atom stereocenters. The molecule has 2 aliphatic rings. The Morgan fingerprint density at radius 3 is 2.50 bits per heavy atom. The molecule has 2 aromatic heterocycles. The van der Waals surface area contributed by atoms with Crippen molar-refractivity contribution in [2.24, 2.45) is 5.92 Å². The van der Waals surface area contributed by atoms with E-state index in [4.69, 9.17) is 0 Å². The summed E-state index contributed by atoms with van der Waals surface area (Å²) in [6, 6.07) is 7.22. The average Bonchev–Trinajstić information content (AvgIpc) is 3.62. The molecule has 1 saturated carbocycles. The lowest BCUT2D eigenvalue weighted by Crippen LogP contribution is -2.44. The molecule has 38 heavy (non-hydrogen) atoms. The summed E-state index contributed by atoms with van der Waals surface area (Å²) in [6.07, 6.45) is 1.22. The molecule has 1 aliphatic carbocycles. The van der Waals surface area contributed by atoms with Gasteiger partial charge in [-0.25, -0.2) is 4.79 Å². The monoisotopic (exact) mass is 526 g/mol. The molecule has 1 unspecified atom stereocenters. The number of alkyl halides is 3. The first-order chi connectivity index (χ1) is 18.2. The van der Waals surface area contributed by atoms with Crippen LogP contribution in [0.15, 0.2) is 48.8 Å². The van der Waals surface area contributed by atoms with Crippen molar-refractivity contribution in [3.63, 3.8) is 0 Å². The maximum atomic E-state index is 14.2. The Kier molecular flexibility index (Phi) is 6.85. The highest BCUT2D eigenvalue weighted by Crippen LogP contribution is 2.46. The number of rotatable bonds is 6. The number of nitrogens with zero attached hydrogens (tertiary/aromatic N) is 4. The number of amides is 3. The number of hydrogen-bond donors (Lipinski definition) is 2. The Balaban J connectivity index is 1.36. The number of benzene rings is 1. The molecule has 0 radical (unpaired) electrons. The minimum atomic E-state index is -4.68. The molecule has 3 heterocycles. The van der Waals surface area contributed by atoms with Crippen molar-refractivity contribution in [2.45, 2.75) is 37.4 Å². The van der Waals surface area contributed by atoms with Crippen molar-refractivity contribution in [2.75, 3.05) is 32.5 Å². The summed E-state index contributed by atoms with van der Waals surface area (Å²) < 4.78 is 42.6. The molecule has 3 amide bonds. The second-order valence-corrected chi connectivity index (χ2v) is 9.86. The van der Waals surface area contributed by atoms with E-state index in [0.717, 1.165) is 40.0 Å². The summed E-state index contributed by atoms with van der Waals surface area (Å²) >= 11 is 0. The van der Waals surface area contributed by atoms with Gasteiger partial charge >= 0.3 is 12.2 Å². The molecule has 11 heteroatoms. The highest BCUT2D eigenvalue weighted by Gasteiger charge is 2.47. The lowest BCUT2D eigenvalue weighted by atomic mass is 10.0. The van der Waals surface area contributed by atoms with Crippen LogP contribution in [0.5, 0.6) is 0 Å². The second-order valence-electron chi connectivity index (χ2n) is 9.86. The number of likely N-dealkylation sites (tertiary alicyclic amines) is 1.